The van der Waals surface area contributed by atoms with Crippen LogP contribution in [0.25, 0.3) is 11.3 Å². The normalized spacial score (nSPS) is 12.4. The van der Waals surface area contributed by atoms with E-state index in [0.717, 1.165) is 22.7 Å². The van der Waals surface area contributed by atoms with E-state index in [1.165, 1.54) is 6.07 Å². The number of rotatable bonds is 6. The molecule has 3 rings (SSSR count). The Morgan fingerprint density at radius 2 is 2.07 bits per heavy atom. The van der Waals surface area contributed by atoms with E-state index < -0.39 is 0 Å². The molecular weight excluding hydrogens is 363 g/mol. The molecule has 3 aromatic rings. The molecule has 27 heavy (non-hydrogen) atoms. The van der Waals surface area contributed by atoms with Gasteiger partial charge in [0.1, 0.15) is 16.5 Å². The van der Waals surface area contributed by atoms with Crippen LogP contribution in [0.4, 0.5) is 4.39 Å². The summed E-state index contributed by atoms with van der Waals surface area (Å²) in [7, 11) is 0. The third-order valence-corrected chi connectivity index (χ3v) is 5.30. The molecule has 1 unspecified atom stereocenters. The molecular formula is C20H23FN4OS. The molecule has 142 valence electrons. The molecule has 0 saturated heterocycles. The van der Waals surface area contributed by atoms with Crippen molar-refractivity contribution in [3.8, 4) is 11.3 Å². The molecule has 5 nitrogen and oxygen atoms in total. The first-order valence-corrected chi connectivity index (χ1v) is 9.76. The quantitative estimate of drug-likeness (QED) is 0.639. The maximum Gasteiger partial charge on any atom is 0.269 e. The zero-order valence-corrected chi connectivity index (χ0v) is 16.7. The predicted molar refractivity (Wildman–Crippen MR) is 105 cm³/mol. The molecule has 0 radical (unpaired) electrons. The van der Waals surface area contributed by atoms with Gasteiger partial charge in [0.25, 0.3) is 5.91 Å². The molecule has 0 bridgehead atoms. The van der Waals surface area contributed by atoms with Gasteiger partial charge in [0.05, 0.1) is 11.7 Å². The van der Waals surface area contributed by atoms with E-state index in [1.54, 1.807) is 36.5 Å². The fourth-order valence-electron chi connectivity index (χ4n) is 2.85. The van der Waals surface area contributed by atoms with Gasteiger partial charge >= 0.3 is 0 Å². The van der Waals surface area contributed by atoms with Crippen molar-refractivity contribution in [2.45, 2.75) is 40.2 Å². The highest BCUT2D eigenvalue weighted by Crippen LogP contribution is 2.25. The van der Waals surface area contributed by atoms with Crippen molar-refractivity contribution < 1.29 is 9.18 Å². The number of amides is 1. The van der Waals surface area contributed by atoms with E-state index in [-0.39, 0.29) is 17.8 Å². The maximum absolute atomic E-state index is 13.5. The molecule has 2 N–H and O–H groups in total. The summed E-state index contributed by atoms with van der Waals surface area (Å²) < 4.78 is 13.5. The maximum atomic E-state index is 13.5. The topological polar surface area (TPSA) is 70.7 Å². The van der Waals surface area contributed by atoms with Crippen molar-refractivity contribution in [1.29, 1.82) is 0 Å². The summed E-state index contributed by atoms with van der Waals surface area (Å²) in [5, 5.41) is 12.9. The fraction of sp³-hybridized carbons (Fsp3) is 0.350. The van der Waals surface area contributed by atoms with Gasteiger partial charge in [-0.3, -0.25) is 9.89 Å². The number of hydrogen-bond acceptors (Lipinski definition) is 4. The van der Waals surface area contributed by atoms with Crippen molar-refractivity contribution in [3.63, 3.8) is 0 Å². The van der Waals surface area contributed by atoms with Crippen LogP contribution < -0.4 is 5.32 Å². The summed E-state index contributed by atoms with van der Waals surface area (Å²) in [6.45, 7) is 7.88. The second-order valence-electron chi connectivity index (χ2n) is 7.11. The van der Waals surface area contributed by atoms with Crippen LogP contribution in [-0.4, -0.2) is 21.1 Å². The number of hydrogen-bond donors (Lipinski definition) is 2. The number of aromatic nitrogens is 3. The lowest BCUT2D eigenvalue weighted by molar-refractivity contribution is 0.0926. The van der Waals surface area contributed by atoms with Gasteiger partial charge in [-0.1, -0.05) is 13.8 Å². The van der Waals surface area contributed by atoms with Crippen molar-refractivity contribution in [1.82, 2.24) is 20.5 Å². The standard InChI is InChI=1S/C20H23FN4OS/c1-11(2)7-18(20-22-13(4)10-27-20)23-19(26)17-9-16(24-25-17)14-5-6-15(21)12(3)8-14/h5-6,8-11,18H,7H2,1-4H3,(H,23,26)(H,24,25). The zero-order valence-electron chi connectivity index (χ0n) is 15.8. The number of benzene rings is 1. The minimum absolute atomic E-state index is 0.143. The number of thiazole rings is 1. The third kappa shape index (κ3) is 4.60. The molecule has 0 spiro atoms. The van der Waals surface area contributed by atoms with Crippen LogP contribution in [0.3, 0.4) is 0 Å². The summed E-state index contributed by atoms with van der Waals surface area (Å²) >= 11 is 1.55. The molecule has 0 fully saturated rings. The van der Waals surface area contributed by atoms with Gasteiger partial charge in [0.2, 0.25) is 0 Å². The Morgan fingerprint density at radius 3 is 2.70 bits per heavy atom. The van der Waals surface area contributed by atoms with Crippen LogP contribution >= 0.6 is 11.3 Å². The van der Waals surface area contributed by atoms with Gasteiger partial charge in [-0.25, -0.2) is 9.37 Å². The van der Waals surface area contributed by atoms with E-state index in [0.29, 0.717) is 22.9 Å². The molecule has 1 atom stereocenters. The first kappa shape index (κ1) is 19.2. The summed E-state index contributed by atoms with van der Waals surface area (Å²) in [5.74, 6) is -0.0763. The van der Waals surface area contributed by atoms with Crippen LogP contribution in [0.5, 0.6) is 0 Å². The number of aromatic amines is 1. The van der Waals surface area contributed by atoms with Crippen LogP contribution in [0.2, 0.25) is 0 Å². The monoisotopic (exact) mass is 386 g/mol. The van der Waals surface area contributed by atoms with E-state index in [1.807, 2.05) is 12.3 Å². The average molecular weight is 386 g/mol. The highest BCUT2D eigenvalue weighted by Gasteiger charge is 2.21. The van der Waals surface area contributed by atoms with Crippen LogP contribution in [0.1, 0.15) is 53.1 Å². The largest absolute Gasteiger partial charge is 0.341 e. The molecule has 1 aromatic carbocycles. The first-order chi connectivity index (χ1) is 12.8. The van der Waals surface area contributed by atoms with Crippen molar-refractivity contribution in [2.24, 2.45) is 5.92 Å². The van der Waals surface area contributed by atoms with Crippen molar-refractivity contribution >= 4 is 17.2 Å². The fourth-order valence-corrected chi connectivity index (χ4v) is 3.71. The highest BCUT2D eigenvalue weighted by molar-refractivity contribution is 7.09. The van der Waals surface area contributed by atoms with Crippen LogP contribution in [-0.2, 0) is 0 Å². The Bertz CT molecular complexity index is 947. The number of carbonyl (C=O) groups is 1. The average Bonchev–Trinajstić information content (AvgIpc) is 3.25. The van der Waals surface area contributed by atoms with E-state index in [4.69, 9.17) is 0 Å². The number of halogens is 1. The lowest BCUT2D eigenvalue weighted by atomic mass is 10.0. The minimum Gasteiger partial charge on any atom is -0.341 e. The smallest absolute Gasteiger partial charge is 0.269 e. The molecule has 0 aliphatic heterocycles. The van der Waals surface area contributed by atoms with Gasteiger partial charge < -0.3 is 5.32 Å². The molecule has 0 aliphatic rings. The predicted octanol–water partition coefficient (Wildman–Crippen LogP) is 4.81. The summed E-state index contributed by atoms with van der Waals surface area (Å²) in [6.07, 6.45) is 0.802. The SMILES string of the molecule is Cc1csc(C(CC(C)C)NC(=O)c2cc(-c3ccc(F)c(C)c3)n[nH]2)n1. The third-order valence-electron chi connectivity index (χ3n) is 4.22. The number of aryl methyl sites for hydroxylation is 2. The molecule has 0 saturated carbocycles. The lowest BCUT2D eigenvalue weighted by Gasteiger charge is -2.18. The molecule has 2 heterocycles. The van der Waals surface area contributed by atoms with Crippen molar-refractivity contribution in [3.05, 3.63) is 57.4 Å². The van der Waals surface area contributed by atoms with Crippen molar-refractivity contribution in [2.75, 3.05) is 0 Å². The van der Waals surface area contributed by atoms with E-state index in [9.17, 15) is 9.18 Å². The highest BCUT2D eigenvalue weighted by atomic mass is 32.1. The molecule has 0 aliphatic carbocycles. The zero-order chi connectivity index (χ0) is 19.6. The van der Waals surface area contributed by atoms with Gasteiger partial charge in [-0.15, -0.1) is 11.3 Å². The molecule has 1 amide bonds. The summed E-state index contributed by atoms with van der Waals surface area (Å²) in [5.41, 5.74) is 3.23. The second kappa shape index (κ2) is 8.00. The van der Waals surface area contributed by atoms with E-state index in [2.05, 4.69) is 34.3 Å². The number of nitrogens with one attached hydrogen (secondary N) is 2. The lowest BCUT2D eigenvalue weighted by Crippen LogP contribution is -2.29. The first-order valence-electron chi connectivity index (χ1n) is 8.88. The Kier molecular flexibility index (Phi) is 5.70. The van der Waals surface area contributed by atoms with Gasteiger partial charge in [0.15, 0.2) is 0 Å². The van der Waals surface area contributed by atoms with E-state index >= 15 is 0 Å². The van der Waals surface area contributed by atoms with Gasteiger partial charge in [-0.05, 0) is 56.0 Å². The Balaban J connectivity index is 1.78. The second-order valence-corrected chi connectivity index (χ2v) is 8.00. The molecule has 7 heteroatoms. The Hall–Kier alpha value is -2.54. The minimum atomic E-state index is -0.262. The van der Waals surface area contributed by atoms with Gasteiger partial charge in [-0.2, -0.15) is 5.10 Å². The summed E-state index contributed by atoms with van der Waals surface area (Å²) in [6, 6.07) is 6.31. The number of carbonyl (C=O) groups excluding carboxylic acids is 1. The van der Waals surface area contributed by atoms with Gasteiger partial charge in [0, 0.05) is 16.6 Å². The summed E-state index contributed by atoms with van der Waals surface area (Å²) in [4.78, 5) is 17.2. The Morgan fingerprint density at radius 1 is 1.30 bits per heavy atom. The number of H-pyrrole nitrogens is 1. The Labute approximate surface area is 162 Å². The van der Waals surface area contributed by atoms with Crippen LogP contribution in [0, 0.1) is 25.6 Å². The number of nitrogens with zero attached hydrogens (tertiary/aromatic N) is 2. The van der Waals surface area contributed by atoms with Crippen LogP contribution in [0.15, 0.2) is 29.6 Å². The molecule has 2 aromatic heterocycles.